The Balaban J connectivity index is 1.47. The number of nitrogens with zero attached hydrogens (tertiary/aromatic N) is 1. The van der Waals surface area contributed by atoms with E-state index in [0.717, 1.165) is 48.8 Å². The van der Waals surface area contributed by atoms with Crippen molar-refractivity contribution in [3.05, 3.63) is 59.7 Å². The van der Waals surface area contributed by atoms with Gasteiger partial charge in [-0.15, -0.1) is 0 Å². The summed E-state index contributed by atoms with van der Waals surface area (Å²) in [5.74, 6) is -0.0513. The molecule has 138 valence electrons. The van der Waals surface area contributed by atoms with E-state index < -0.39 is 0 Å². The number of nitriles is 1. The number of amides is 1. The number of carbonyl (C=O) groups is 1. The first-order valence-electron chi connectivity index (χ1n) is 9.71. The van der Waals surface area contributed by atoms with Gasteiger partial charge in [-0.2, -0.15) is 5.26 Å². The zero-order valence-corrected chi connectivity index (χ0v) is 15.4. The zero-order valence-electron chi connectivity index (χ0n) is 15.4. The molecule has 0 radical (unpaired) electrons. The third kappa shape index (κ3) is 3.61. The van der Waals surface area contributed by atoms with E-state index in [2.05, 4.69) is 35.7 Å². The molecule has 1 amide bonds. The average molecular weight is 360 g/mol. The third-order valence-electron chi connectivity index (χ3n) is 5.85. The van der Waals surface area contributed by atoms with Gasteiger partial charge in [0.1, 0.15) is 0 Å². The molecule has 1 saturated carbocycles. The lowest BCUT2D eigenvalue weighted by atomic mass is 9.80. The maximum atomic E-state index is 12.3. The number of rotatable bonds is 4. The van der Waals surface area contributed by atoms with Gasteiger partial charge in [0.05, 0.1) is 24.1 Å². The molecule has 0 aromatic heterocycles. The number of hydrogen-bond acceptors (Lipinski definition) is 3. The summed E-state index contributed by atoms with van der Waals surface area (Å²) in [7, 11) is 0. The van der Waals surface area contributed by atoms with Crippen molar-refractivity contribution in [2.45, 2.75) is 43.6 Å². The quantitative estimate of drug-likeness (QED) is 0.888. The molecule has 1 aliphatic carbocycles. The van der Waals surface area contributed by atoms with Gasteiger partial charge < -0.3 is 10.1 Å². The molecule has 2 fully saturated rings. The molecule has 2 aliphatic rings. The van der Waals surface area contributed by atoms with Crippen molar-refractivity contribution < 1.29 is 9.53 Å². The fourth-order valence-electron chi connectivity index (χ4n) is 4.16. The maximum Gasteiger partial charge on any atom is 0.251 e. The van der Waals surface area contributed by atoms with Gasteiger partial charge in [0.2, 0.25) is 0 Å². The first-order chi connectivity index (χ1) is 13.2. The van der Waals surface area contributed by atoms with Crippen LogP contribution in [0.5, 0.6) is 0 Å². The van der Waals surface area contributed by atoms with Crippen molar-refractivity contribution in [2.75, 3.05) is 13.2 Å². The van der Waals surface area contributed by atoms with Crippen LogP contribution in [0.15, 0.2) is 48.5 Å². The van der Waals surface area contributed by atoms with Gasteiger partial charge in [-0.3, -0.25) is 4.79 Å². The summed E-state index contributed by atoms with van der Waals surface area (Å²) in [5.41, 5.74) is 3.66. The Labute approximate surface area is 160 Å². The maximum absolute atomic E-state index is 12.3. The average Bonchev–Trinajstić information content (AvgIpc) is 3.41. The van der Waals surface area contributed by atoms with Crippen molar-refractivity contribution in [1.82, 2.24) is 5.32 Å². The predicted octanol–water partition coefficient (Wildman–Crippen LogP) is 4.21. The van der Waals surface area contributed by atoms with E-state index in [4.69, 9.17) is 4.74 Å². The van der Waals surface area contributed by atoms with Gasteiger partial charge in [-0.05, 0) is 48.1 Å². The molecule has 0 bridgehead atoms. The minimum Gasteiger partial charge on any atom is -0.379 e. The summed E-state index contributed by atoms with van der Waals surface area (Å²) < 4.78 is 5.30. The van der Waals surface area contributed by atoms with Gasteiger partial charge in [0, 0.05) is 12.2 Å². The van der Waals surface area contributed by atoms with E-state index in [1.165, 1.54) is 0 Å². The van der Waals surface area contributed by atoms with Crippen molar-refractivity contribution in [2.24, 2.45) is 0 Å². The fraction of sp³-hybridized carbons (Fsp3) is 0.391. The van der Waals surface area contributed by atoms with Crippen LogP contribution >= 0.6 is 0 Å². The monoisotopic (exact) mass is 360 g/mol. The highest BCUT2D eigenvalue weighted by atomic mass is 16.5. The summed E-state index contributed by atoms with van der Waals surface area (Å²) in [5, 5.41) is 12.7. The Morgan fingerprint density at radius 1 is 1.04 bits per heavy atom. The van der Waals surface area contributed by atoms with E-state index in [0.29, 0.717) is 18.8 Å². The van der Waals surface area contributed by atoms with Crippen molar-refractivity contribution in [1.29, 1.82) is 5.26 Å². The molecule has 2 aromatic carbocycles. The highest BCUT2D eigenvalue weighted by molar-refractivity contribution is 5.94. The number of hydrogen-bond donors (Lipinski definition) is 1. The second kappa shape index (κ2) is 7.54. The molecule has 4 heteroatoms. The molecular formula is C23H24N2O2. The van der Waals surface area contributed by atoms with Crippen LogP contribution in [0.2, 0.25) is 0 Å². The molecule has 4 rings (SSSR count). The normalized spacial score (nSPS) is 20.9. The molecule has 0 unspecified atom stereocenters. The number of carbonyl (C=O) groups excluding carboxylic acids is 1. The van der Waals surface area contributed by atoms with E-state index in [1.54, 1.807) is 0 Å². The van der Waals surface area contributed by atoms with Gasteiger partial charge in [0.25, 0.3) is 5.91 Å². The molecule has 1 atom stereocenters. The summed E-state index contributed by atoms with van der Waals surface area (Å²) in [6, 6.07) is 18.7. The summed E-state index contributed by atoms with van der Waals surface area (Å²) in [6.45, 7) is 1.31. The molecule has 1 aliphatic heterocycles. The van der Waals surface area contributed by atoms with Gasteiger partial charge in [-0.25, -0.2) is 0 Å². The summed E-state index contributed by atoms with van der Waals surface area (Å²) in [4.78, 5) is 12.3. The first-order valence-corrected chi connectivity index (χ1v) is 9.71. The zero-order chi connectivity index (χ0) is 18.7. The molecule has 27 heavy (non-hydrogen) atoms. The van der Waals surface area contributed by atoms with Crippen LogP contribution < -0.4 is 5.32 Å². The molecule has 0 spiro atoms. The standard InChI is InChI=1S/C23H24N2O2/c24-16-23(12-1-2-13-23)20-9-7-18(8-10-20)17-3-5-19(6-4-17)22(26)25-21-11-14-27-15-21/h3-10,21H,1-2,11-15H2,(H,25,26)/t21-/m0/s1. The van der Waals surface area contributed by atoms with Gasteiger partial charge >= 0.3 is 0 Å². The third-order valence-corrected chi connectivity index (χ3v) is 5.85. The molecule has 1 heterocycles. The smallest absolute Gasteiger partial charge is 0.251 e. The van der Waals surface area contributed by atoms with E-state index in [9.17, 15) is 10.1 Å². The second-order valence-corrected chi connectivity index (χ2v) is 7.59. The van der Waals surface area contributed by atoms with Crippen LogP contribution in [0.4, 0.5) is 0 Å². The highest BCUT2D eigenvalue weighted by Crippen LogP contribution is 2.41. The minimum atomic E-state index is -0.301. The molecule has 1 saturated heterocycles. The van der Waals surface area contributed by atoms with Gasteiger partial charge in [-0.1, -0.05) is 49.2 Å². The second-order valence-electron chi connectivity index (χ2n) is 7.59. The molecule has 1 N–H and O–H groups in total. The Bertz CT molecular complexity index is 837. The fourth-order valence-corrected chi connectivity index (χ4v) is 4.16. The molecule has 2 aromatic rings. The Morgan fingerprint density at radius 3 is 2.22 bits per heavy atom. The highest BCUT2D eigenvalue weighted by Gasteiger charge is 2.35. The molecular weight excluding hydrogens is 336 g/mol. The van der Waals surface area contributed by atoms with Crippen molar-refractivity contribution in [3.8, 4) is 17.2 Å². The lowest BCUT2D eigenvalue weighted by Crippen LogP contribution is -2.34. The SMILES string of the molecule is N#CC1(c2ccc(-c3ccc(C(=O)N[C@H]4CCOC4)cc3)cc2)CCCC1. The number of nitrogens with one attached hydrogen (secondary N) is 1. The largest absolute Gasteiger partial charge is 0.379 e. The van der Waals surface area contributed by atoms with Gasteiger partial charge in [0.15, 0.2) is 0 Å². The van der Waals surface area contributed by atoms with E-state index in [1.807, 2.05) is 24.3 Å². The lowest BCUT2D eigenvalue weighted by molar-refractivity contribution is 0.0930. The number of ether oxygens (including phenoxy) is 1. The topological polar surface area (TPSA) is 62.1 Å². The summed E-state index contributed by atoms with van der Waals surface area (Å²) >= 11 is 0. The van der Waals surface area contributed by atoms with E-state index in [-0.39, 0.29) is 17.4 Å². The van der Waals surface area contributed by atoms with Crippen LogP contribution in [0.25, 0.3) is 11.1 Å². The van der Waals surface area contributed by atoms with E-state index >= 15 is 0 Å². The summed E-state index contributed by atoms with van der Waals surface area (Å²) in [6.07, 6.45) is 5.05. The van der Waals surface area contributed by atoms with Crippen molar-refractivity contribution >= 4 is 5.91 Å². The van der Waals surface area contributed by atoms with Crippen molar-refractivity contribution in [3.63, 3.8) is 0 Å². The lowest BCUT2D eigenvalue weighted by Gasteiger charge is -2.21. The molecule has 4 nitrogen and oxygen atoms in total. The number of benzene rings is 2. The first kappa shape index (κ1) is 17.8. The minimum absolute atomic E-state index is 0.0513. The van der Waals surface area contributed by atoms with Crippen LogP contribution in [0, 0.1) is 11.3 Å². The van der Waals surface area contributed by atoms with Crippen LogP contribution in [-0.2, 0) is 10.2 Å². The Kier molecular flexibility index (Phi) is 4.96. The van der Waals surface area contributed by atoms with Crippen LogP contribution in [0.3, 0.4) is 0 Å². The van der Waals surface area contributed by atoms with Crippen LogP contribution in [0.1, 0.15) is 48.0 Å². The Hall–Kier alpha value is -2.64. The Morgan fingerprint density at radius 2 is 1.67 bits per heavy atom. The van der Waals surface area contributed by atoms with Crippen LogP contribution in [-0.4, -0.2) is 25.2 Å². The predicted molar refractivity (Wildman–Crippen MR) is 104 cm³/mol.